The number of nitrogens with two attached hydrogens (primary N) is 1. The molecule has 0 aliphatic carbocycles. The minimum atomic E-state index is -0.0456. The Morgan fingerprint density at radius 2 is 2.18 bits per heavy atom. The summed E-state index contributed by atoms with van der Waals surface area (Å²) in [6, 6.07) is 8.06. The van der Waals surface area contributed by atoms with E-state index in [9.17, 15) is 0 Å². The van der Waals surface area contributed by atoms with Crippen molar-refractivity contribution >= 4 is 30.3 Å². The maximum absolute atomic E-state index is 5.74. The predicted molar refractivity (Wildman–Crippen MR) is 51.7 cm³/mol. The van der Waals surface area contributed by atoms with Crippen molar-refractivity contribution in [3.8, 4) is 0 Å². The highest BCUT2D eigenvalue weighted by atomic mass is 32.2. The molecule has 1 aromatic rings. The van der Waals surface area contributed by atoms with Crippen LogP contribution in [0.4, 0.5) is 5.69 Å². The standard InChI is InChI=1S/C7H8N2S2/c8-7-9(10)5-3-1-2-4-6(5)11-7/h1-4,7,10H,8H2. The zero-order valence-corrected chi connectivity index (χ0v) is 7.48. The van der Waals surface area contributed by atoms with Gasteiger partial charge in [0.15, 0.2) is 0 Å². The summed E-state index contributed by atoms with van der Waals surface area (Å²) in [6.45, 7) is 0. The molecule has 0 amide bonds. The van der Waals surface area contributed by atoms with E-state index in [1.165, 1.54) is 4.90 Å². The van der Waals surface area contributed by atoms with Gasteiger partial charge in [-0.15, -0.1) is 0 Å². The fraction of sp³-hybridized carbons (Fsp3) is 0.143. The van der Waals surface area contributed by atoms with Crippen molar-refractivity contribution in [1.29, 1.82) is 0 Å². The maximum atomic E-state index is 5.74. The summed E-state index contributed by atoms with van der Waals surface area (Å²) in [5.41, 5.74) is 6.80. The summed E-state index contributed by atoms with van der Waals surface area (Å²) in [4.78, 5) is 1.20. The molecule has 1 unspecified atom stereocenters. The van der Waals surface area contributed by atoms with E-state index < -0.39 is 0 Å². The van der Waals surface area contributed by atoms with Crippen LogP contribution in [0.15, 0.2) is 29.2 Å². The summed E-state index contributed by atoms with van der Waals surface area (Å²) in [5, 5.41) is 0. The molecule has 0 aromatic heterocycles. The fourth-order valence-electron chi connectivity index (χ4n) is 1.06. The van der Waals surface area contributed by atoms with E-state index >= 15 is 0 Å². The van der Waals surface area contributed by atoms with Crippen LogP contribution in [-0.4, -0.2) is 5.50 Å². The van der Waals surface area contributed by atoms with Crippen molar-refractivity contribution in [2.45, 2.75) is 10.4 Å². The number of thioether (sulfide) groups is 1. The Morgan fingerprint density at radius 3 is 2.91 bits per heavy atom. The van der Waals surface area contributed by atoms with Crippen molar-refractivity contribution in [2.75, 3.05) is 4.31 Å². The Hall–Kier alpha value is -0.320. The lowest BCUT2D eigenvalue weighted by Gasteiger charge is -2.14. The summed E-state index contributed by atoms with van der Waals surface area (Å²) < 4.78 is 1.78. The van der Waals surface area contributed by atoms with Gasteiger partial charge in [-0.05, 0) is 12.1 Å². The van der Waals surface area contributed by atoms with Gasteiger partial charge in [-0.2, -0.15) is 0 Å². The molecule has 0 spiro atoms. The second-order valence-corrected chi connectivity index (χ2v) is 3.91. The molecule has 4 heteroatoms. The highest BCUT2D eigenvalue weighted by Crippen LogP contribution is 2.41. The second kappa shape index (κ2) is 2.62. The Labute approximate surface area is 75.3 Å². The molecule has 1 aromatic carbocycles. The van der Waals surface area contributed by atoms with E-state index in [2.05, 4.69) is 18.9 Å². The van der Waals surface area contributed by atoms with E-state index in [0.29, 0.717) is 0 Å². The lowest BCUT2D eigenvalue weighted by Crippen LogP contribution is -2.27. The van der Waals surface area contributed by atoms with Crippen molar-refractivity contribution in [1.82, 2.24) is 0 Å². The van der Waals surface area contributed by atoms with Crippen LogP contribution >= 0.6 is 24.6 Å². The average Bonchev–Trinajstić information content (AvgIpc) is 2.30. The minimum Gasteiger partial charge on any atom is -0.302 e. The van der Waals surface area contributed by atoms with Crippen LogP contribution < -0.4 is 10.0 Å². The Kier molecular flexibility index (Phi) is 1.75. The first-order valence-corrected chi connectivity index (χ1v) is 4.56. The molecule has 0 saturated heterocycles. The molecule has 0 bridgehead atoms. The Morgan fingerprint density at radius 1 is 1.45 bits per heavy atom. The number of hydrogen-bond donors (Lipinski definition) is 2. The van der Waals surface area contributed by atoms with Crippen molar-refractivity contribution in [3.05, 3.63) is 24.3 Å². The van der Waals surface area contributed by atoms with Gasteiger partial charge in [0, 0.05) is 4.90 Å². The monoisotopic (exact) mass is 184 g/mol. The van der Waals surface area contributed by atoms with Crippen LogP contribution in [-0.2, 0) is 0 Å². The van der Waals surface area contributed by atoms with Gasteiger partial charge in [0.1, 0.15) is 5.50 Å². The number of fused-ring (bicyclic) bond motifs is 1. The highest BCUT2D eigenvalue weighted by Gasteiger charge is 2.23. The van der Waals surface area contributed by atoms with Crippen molar-refractivity contribution in [2.24, 2.45) is 5.73 Å². The molecule has 11 heavy (non-hydrogen) atoms. The van der Waals surface area contributed by atoms with Crippen LogP contribution in [0.3, 0.4) is 0 Å². The summed E-state index contributed by atoms with van der Waals surface area (Å²) in [5.74, 6) is 0. The van der Waals surface area contributed by atoms with Gasteiger partial charge < -0.3 is 5.73 Å². The maximum Gasteiger partial charge on any atom is 0.140 e. The molecular weight excluding hydrogens is 176 g/mol. The van der Waals surface area contributed by atoms with Gasteiger partial charge in [-0.25, -0.2) is 0 Å². The zero-order chi connectivity index (χ0) is 7.84. The predicted octanol–water partition coefficient (Wildman–Crippen LogP) is 1.69. The van der Waals surface area contributed by atoms with Gasteiger partial charge >= 0.3 is 0 Å². The number of thiol groups is 1. The molecule has 0 saturated carbocycles. The Balaban J connectivity index is 2.47. The molecular formula is C7H8N2S2. The topological polar surface area (TPSA) is 29.3 Å². The van der Waals surface area contributed by atoms with Crippen molar-refractivity contribution in [3.63, 3.8) is 0 Å². The SMILES string of the molecule is NC1Sc2ccccc2N1S. The van der Waals surface area contributed by atoms with E-state index in [1.807, 2.05) is 18.2 Å². The number of benzene rings is 1. The highest BCUT2D eigenvalue weighted by molar-refractivity contribution is 8.01. The van der Waals surface area contributed by atoms with Crippen LogP contribution in [0.2, 0.25) is 0 Å². The van der Waals surface area contributed by atoms with Crippen LogP contribution in [0.5, 0.6) is 0 Å². The van der Waals surface area contributed by atoms with Crippen LogP contribution in [0, 0.1) is 0 Å². The first-order valence-electron chi connectivity index (χ1n) is 3.28. The summed E-state index contributed by atoms with van der Waals surface area (Å²) >= 11 is 5.88. The fourth-order valence-corrected chi connectivity index (χ4v) is 2.36. The molecule has 0 radical (unpaired) electrons. The lowest BCUT2D eigenvalue weighted by molar-refractivity contribution is 1.01. The molecule has 1 atom stereocenters. The summed E-state index contributed by atoms with van der Waals surface area (Å²) in [7, 11) is 0. The van der Waals surface area contributed by atoms with Crippen molar-refractivity contribution < 1.29 is 0 Å². The van der Waals surface area contributed by atoms with E-state index in [-0.39, 0.29) is 5.50 Å². The third kappa shape index (κ3) is 1.11. The van der Waals surface area contributed by atoms with Crippen LogP contribution in [0.25, 0.3) is 0 Å². The number of rotatable bonds is 0. The quantitative estimate of drug-likeness (QED) is 0.601. The smallest absolute Gasteiger partial charge is 0.140 e. The molecule has 0 fully saturated rings. The van der Waals surface area contributed by atoms with Gasteiger partial charge in [0.25, 0.3) is 0 Å². The number of para-hydroxylation sites is 1. The van der Waals surface area contributed by atoms with Gasteiger partial charge in [-0.1, -0.05) is 36.7 Å². The molecule has 1 aliphatic heterocycles. The van der Waals surface area contributed by atoms with Crippen LogP contribution in [0.1, 0.15) is 0 Å². The van der Waals surface area contributed by atoms with Gasteiger partial charge in [0.05, 0.1) is 5.69 Å². The molecule has 58 valence electrons. The average molecular weight is 184 g/mol. The third-order valence-electron chi connectivity index (χ3n) is 1.60. The Bertz CT molecular complexity index is 277. The molecule has 2 N–H and O–H groups in total. The normalized spacial score (nSPS) is 22.0. The van der Waals surface area contributed by atoms with E-state index in [1.54, 1.807) is 16.1 Å². The molecule has 1 heterocycles. The molecule has 2 nitrogen and oxygen atoms in total. The van der Waals surface area contributed by atoms with E-state index in [4.69, 9.17) is 5.73 Å². The minimum absolute atomic E-state index is 0.0456. The second-order valence-electron chi connectivity index (χ2n) is 2.32. The molecule has 1 aliphatic rings. The third-order valence-corrected chi connectivity index (χ3v) is 3.27. The number of anilines is 1. The lowest BCUT2D eigenvalue weighted by atomic mass is 10.3. The number of nitrogens with zero attached hydrogens (tertiary/aromatic N) is 1. The van der Waals surface area contributed by atoms with Gasteiger partial charge in [-0.3, -0.25) is 4.31 Å². The number of hydrogen-bond acceptors (Lipinski definition) is 4. The van der Waals surface area contributed by atoms with E-state index in [0.717, 1.165) is 5.69 Å². The van der Waals surface area contributed by atoms with Gasteiger partial charge in [0.2, 0.25) is 0 Å². The largest absolute Gasteiger partial charge is 0.302 e. The molecule has 2 rings (SSSR count). The first kappa shape index (κ1) is 7.34. The zero-order valence-electron chi connectivity index (χ0n) is 5.77. The summed E-state index contributed by atoms with van der Waals surface area (Å²) in [6.07, 6.45) is 0. The first-order chi connectivity index (χ1) is 5.29.